The van der Waals surface area contributed by atoms with Gasteiger partial charge in [0, 0.05) is 17.9 Å². The van der Waals surface area contributed by atoms with Gasteiger partial charge in [-0.1, -0.05) is 25.0 Å². The van der Waals surface area contributed by atoms with Crippen LogP contribution in [0.1, 0.15) is 68.4 Å². The fourth-order valence-electron chi connectivity index (χ4n) is 4.17. The smallest absolute Gasteiger partial charge is 0.154 e. The van der Waals surface area contributed by atoms with Crippen LogP contribution in [0.25, 0.3) is 5.69 Å². The van der Waals surface area contributed by atoms with Crippen molar-refractivity contribution in [2.45, 2.75) is 68.9 Å². The third-order valence-electron chi connectivity index (χ3n) is 5.68. The number of aliphatic hydroxyl groups excluding tert-OH is 1. The highest BCUT2D eigenvalue weighted by molar-refractivity contribution is 5.85. The van der Waals surface area contributed by atoms with E-state index in [4.69, 9.17) is 15.8 Å². The number of rotatable bonds is 3. The molecule has 2 fully saturated rings. The van der Waals surface area contributed by atoms with E-state index in [9.17, 15) is 9.50 Å². The first-order valence-electron chi connectivity index (χ1n) is 9.29. The molecule has 5 nitrogen and oxygen atoms in total. The zero-order valence-electron chi connectivity index (χ0n) is 14.7. The maximum Gasteiger partial charge on any atom is 0.154 e. The first-order valence-corrected chi connectivity index (χ1v) is 9.29. The van der Waals surface area contributed by atoms with Crippen LogP contribution in [0, 0.1) is 5.82 Å². The number of nitrogens with two attached hydrogens (primary N) is 1. The van der Waals surface area contributed by atoms with E-state index in [1.165, 1.54) is 18.9 Å². The molecule has 2 aromatic rings. The average molecular weight is 381 g/mol. The van der Waals surface area contributed by atoms with Crippen molar-refractivity contribution >= 4 is 12.4 Å². The maximum atomic E-state index is 14.4. The topological polar surface area (TPSA) is 77.0 Å². The lowest BCUT2D eigenvalue weighted by atomic mass is 9.84. The Kier molecular flexibility index (Phi) is 5.95. The second-order valence-corrected chi connectivity index (χ2v) is 7.41. The minimum atomic E-state index is -0.542. The van der Waals surface area contributed by atoms with E-state index in [1.54, 1.807) is 16.8 Å². The molecule has 2 aliphatic carbocycles. The molecule has 1 aromatic carbocycles. The number of nitrogens with zero attached hydrogens (tertiary/aromatic N) is 3. The summed E-state index contributed by atoms with van der Waals surface area (Å²) in [5, 5.41) is 14.9. The molecule has 0 radical (unpaired) electrons. The quantitative estimate of drug-likeness (QED) is 0.855. The fourth-order valence-corrected chi connectivity index (χ4v) is 4.17. The molecule has 1 heterocycles. The van der Waals surface area contributed by atoms with Gasteiger partial charge in [0.1, 0.15) is 17.3 Å². The molecule has 7 heteroatoms. The lowest BCUT2D eigenvalue weighted by Gasteiger charge is -2.30. The van der Waals surface area contributed by atoms with Gasteiger partial charge in [0.25, 0.3) is 0 Å². The molecule has 2 saturated carbocycles. The summed E-state index contributed by atoms with van der Waals surface area (Å²) in [5.41, 5.74) is 6.37. The summed E-state index contributed by atoms with van der Waals surface area (Å²) in [6, 6.07) is 6.48. The van der Waals surface area contributed by atoms with Gasteiger partial charge in [0.05, 0.1) is 6.10 Å². The molecular formula is C19H26ClFN4O. The SMILES string of the molecule is Cl.N[C@@H]1CC[C@H](c2nc(C3CCCC3)nn2-c2ccccc2F)C[C@H]1O. The van der Waals surface area contributed by atoms with Crippen molar-refractivity contribution in [3.8, 4) is 5.69 Å². The molecule has 2 aliphatic rings. The summed E-state index contributed by atoms with van der Waals surface area (Å²) in [7, 11) is 0. The third kappa shape index (κ3) is 3.63. The molecule has 26 heavy (non-hydrogen) atoms. The van der Waals surface area contributed by atoms with E-state index in [0.717, 1.165) is 37.3 Å². The van der Waals surface area contributed by atoms with E-state index in [-0.39, 0.29) is 30.2 Å². The summed E-state index contributed by atoms with van der Waals surface area (Å²) in [6.45, 7) is 0. The molecule has 0 saturated heterocycles. The van der Waals surface area contributed by atoms with Crippen LogP contribution in [0.2, 0.25) is 0 Å². The van der Waals surface area contributed by atoms with Crippen LogP contribution in [-0.4, -0.2) is 32.0 Å². The number of halogens is 2. The lowest BCUT2D eigenvalue weighted by Crippen LogP contribution is -2.40. The number of para-hydroxylation sites is 1. The maximum absolute atomic E-state index is 14.4. The van der Waals surface area contributed by atoms with Gasteiger partial charge in [-0.25, -0.2) is 14.1 Å². The van der Waals surface area contributed by atoms with Crippen molar-refractivity contribution in [3.63, 3.8) is 0 Å². The molecule has 3 N–H and O–H groups in total. The van der Waals surface area contributed by atoms with E-state index in [2.05, 4.69) is 0 Å². The van der Waals surface area contributed by atoms with Gasteiger partial charge >= 0.3 is 0 Å². The number of hydrogen-bond acceptors (Lipinski definition) is 4. The lowest BCUT2D eigenvalue weighted by molar-refractivity contribution is 0.0961. The fraction of sp³-hybridized carbons (Fsp3) is 0.579. The van der Waals surface area contributed by atoms with Crippen molar-refractivity contribution in [1.29, 1.82) is 0 Å². The Labute approximate surface area is 159 Å². The summed E-state index contributed by atoms with van der Waals surface area (Å²) in [5.74, 6) is 1.69. The zero-order chi connectivity index (χ0) is 17.4. The second kappa shape index (κ2) is 8.03. The molecule has 1 aromatic heterocycles. The number of aliphatic hydroxyl groups is 1. The van der Waals surface area contributed by atoms with Crippen molar-refractivity contribution < 1.29 is 9.50 Å². The third-order valence-corrected chi connectivity index (χ3v) is 5.68. The van der Waals surface area contributed by atoms with Gasteiger partial charge in [-0.2, -0.15) is 5.10 Å². The van der Waals surface area contributed by atoms with Crippen molar-refractivity contribution in [3.05, 3.63) is 41.7 Å². The van der Waals surface area contributed by atoms with Crippen LogP contribution in [0.15, 0.2) is 24.3 Å². The first kappa shape index (κ1) is 19.3. The molecule has 0 amide bonds. The normalized spacial score (nSPS) is 26.7. The molecule has 0 aliphatic heterocycles. The number of benzene rings is 1. The second-order valence-electron chi connectivity index (χ2n) is 7.41. The number of hydrogen-bond donors (Lipinski definition) is 2. The standard InChI is InChI=1S/C19H25FN4O.ClH/c20-14-7-3-4-8-16(14)24-19(13-9-10-15(21)17(25)11-13)22-18(23-24)12-5-1-2-6-12;/h3-4,7-8,12-13,15,17,25H,1-2,5-6,9-11,21H2;1H/t13-,15+,17+;/m0./s1. The van der Waals surface area contributed by atoms with Crippen LogP contribution in [0.4, 0.5) is 4.39 Å². The molecule has 142 valence electrons. The molecule has 3 atom stereocenters. The molecule has 0 bridgehead atoms. The van der Waals surface area contributed by atoms with Crippen molar-refractivity contribution in [2.24, 2.45) is 5.73 Å². The van der Waals surface area contributed by atoms with Gasteiger partial charge in [-0.05, 0) is 44.2 Å². The van der Waals surface area contributed by atoms with E-state index in [1.807, 2.05) is 6.07 Å². The summed E-state index contributed by atoms with van der Waals surface area (Å²) >= 11 is 0. The summed E-state index contributed by atoms with van der Waals surface area (Å²) < 4.78 is 16.1. The van der Waals surface area contributed by atoms with Gasteiger partial charge < -0.3 is 10.8 Å². The number of aromatic nitrogens is 3. The Bertz CT molecular complexity index is 747. The summed E-state index contributed by atoms with van der Waals surface area (Å²) in [6.07, 6.45) is 6.19. The Balaban J connectivity index is 0.00000196. The highest BCUT2D eigenvalue weighted by atomic mass is 35.5. The predicted molar refractivity (Wildman–Crippen MR) is 100 cm³/mol. The van der Waals surface area contributed by atoms with E-state index >= 15 is 0 Å². The first-order chi connectivity index (χ1) is 12.1. The Morgan fingerprint density at radius 1 is 1.08 bits per heavy atom. The largest absolute Gasteiger partial charge is 0.391 e. The molecular weight excluding hydrogens is 355 g/mol. The molecule has 4 rings (SSSR count). The monoisotopic (exact) mass is 380 g/mol. The van der Waals surface area contributed by atoms with E-state index in [0.29, 0.717) is 18.0 Å². The molecule has 0 spiro atoms. The Morgan fingerprint density at radius 3 is 2.50 bits per heavy atom. The van der Waals surface area contributed by atoms with Crippen LogP contribution < -0.4 is 5.73 Å². The van der Waals surface area contributed by atoms with Crippen molar-refractivity contribution in [1.82, 2.24) is 14.8 Å². The summed E-state index contributed by atoms with van der Waals surface area (Å²) in [4.78, 5) is 4.83. The minimum absolute atomic E-state index is 0. The highest BCUT2D eigenvalue weighted by Gasteiger charge is 2.33. The van der Waals surface area contributed by atoms with Crippen LogP contribution in [-0.2, 0) is 0 Å². The average Bonchev–Trinajstić information content (AvgIpc) is 3.27. The van der Waals surface area contributed by atoms with Crippen LogP contribution >= 0.6 is 12.4 Å². The van der Waals surface area contributed by atoms with E-state index < -0.39 is 6.10 Å². The van der Waals surface area contributed by atoms with Crippen molar-refractivity contribution in [2.75, 3.05) is 0 Å². The predicted octanol–water partition coefficient (Wildman–Crippen LogP) is 3.44. The highest BCUT2D eigenvalue weighted by Crippen LogP contribution is 2.37. The van der Waals surface area contributed by atoms with Gasteiger partial charge in [-0.3, -0.25) is 0 Å². The van der Waals surface area contributed by atoms with Crippen LogP contribution in [0.3, 0.4) is 0 Å². The van der Waals surface area contributed by atoms with Crippen LogP contribution in [0.5, 0.6) is 0 Å². The Hall–Kier alpha value is -1.50. The Morgan fingerprint density at radius 2 is 1.81 bits per heavy atom. The zero-order valence-corrected chi connectivity index (χ0v) is 15.5. The minimum Gasteiger partial charge on any atom is -0.391 e. The van der Waals surface area contributed by atoms with Gasteiger partial charge in [-0.15, -0.1) is 12.4 Å². The van der Waals surface area contributed by atoms with Gasteiger partial charge in [0.2, 0.25) is 0 Å². The molecule has 0 unspecified atom stereocenters. The van der Waals surface area contributed by atoms with Gasteiger partial charge in [0.15, 0.2) is 5.82 Å².